The monoisotopic (exact) mass is 389 g/mol. The second-order valence-electron chi connectivity index (χ2n) is 5.87. The first-order valence-electron chi connectivity index (χ1n) is 8.56. The van der Waals surface area contributed by atoms with Gasteiger partial charge in [-0.15, -0.1) is 0 Å². The number of sulfonamides is 1. The summed E-state index contributed by atoms with van der Waals surface area (Å²) in [5.74, 6) is -0.328. The summed E-state index contributed by atoms with van der Waals surface area (Å²) in [5, 5.41) is 2.58. The lowest BCUT2D eigenvalue weighted by atomic mass is 10.2. The van der Waals surface area contributed by atoms with Gasteiger partial charge in [0.05, 0.1) is 4.90 Å². The lowest BCUT2D eigenvalue weighted by molar-refractivity contribution is -0.114. The number of hydrogen-bond donors (Lipinski definition) is 2. The molecule has 0 aliphatic rings. The molecular formula is C19H23N3O4S. The lowest BCUT2D eigenvalue weighted by Crippen LogP contribution is -2.30. The second kappa shape index (κ2) is 8.68. The Morgan fingerprint density at radius 1 is 0.889 bits per heavy atom. The molecule has 2 N–H and O–H groups in total. The molecule has 0 heterocycles. The maximum atomic E-state index is 12.5. The van der Waals surface area contributed by atoms with Crippen molar-refractivity contribution in [3.8, 4) is 0 Å². The molecular weight excluding hydrogens is 366 g/mol. The van der Waals surface area contributed by atoms with Gasteiger partial charge in [-0.05, 0) is 62.4 Å². The zero-order valence-corrected chi connectivity index (χ0v) is 16.3. The van der Waals surface area contributed by atoms with Gasteiger partial charge in [0, 0.05) is 37.0 Å². The Bertz CT molecular complexity index is 903. The van der Waals surface area contributed by atoms with Crippen LogP contribution in [0.5, 0.6) is 0 Å². The van der Waals surface area contributed by atoms with E-state index in [0.717, 1.165) is 0 Å². The predicted molar refractivity (Wildman–Crippen MR) is 105 cm³/mol. The third-order valence-electron chi connectivity index (χ3n) is 3.92. The number of hydrogen-bond acceptors (Lipinski definition) is 4. The van der Waals surface area contributed by atoms with Crippen molar-refractivity contribution in [2.75, 3.05) is 23.1 Å². The Morgan fingerprint density at radius 3 is 1.89 bits per heavy atom. The van der Waals surface area contributed by atoms with E-state index in [-0.39, 0.29) is 16.7 Å². The molecule has 0 radical (unpaired) electrons. The number of nitrogens with zero attached hydrogens (tertiary/aromatic N) is 1. The molecule has 27 heavy (non-hydrogen) atoms. The van der Waals surface area contributed by atoms with E-state index in [0.29, 0.717) is 30.0 Å². The Labute approximate surface area is 159 Å². The van der Waals surface area contributed by atoms with Crippen molar-refractivity contribution in [2.24, 2.45) is 0 Å². The summed E-state index contributed by atoms with van der Waals surface area (Å²) in [4.78, 5) is 25.1. The summed E-state index contributed by atoms with van der Waals surface area (Å²) in [6.07, 6.45) is 0. The van der Waals surface area contributed by atoms with Crippen molar-refractivity contribution in [2.45, 2.75) is 25.7 Å². The molecule has 0 saturated carbocycles. The third kappa shape index (κ3) is 5.30. The summed E-state index contributed by atoms with van der Waals surface area (Å²) in [5.41, 5.74) is 1.37. The van der Waals surface area contributed by atoms with Crippen LogP contribution in [-0.4, -0.2) is 38.2 Å². The highest BCUT2D eigenvalue weighted by atomic mass is 32.2. The minimum absolute atomic E-state index is 0.0693. The van der Waals surface area contributed by atoms with Crippen LogP contribution in [0.1, 0.15) is 31.1 Å². The number of benzene rings is 2. The van der Waals surface area contributed by atoms with Crippen LogP contribution in [0.4, 0.5) is 11.4 Å². The van der Waals surface area contributed by atoms with Crippen molar-refractivity contribution >= 4 is 33.2 Å². The highest BCUT2D eigenvalue weighted by Gasteiger charge is 2.16. The van der Waals surface area contributed by atoms with Gasteiger partial charge in [-0.25, -0.2) is 8.42 Å². The molecule has 0 unspecified atom stereocenters. The van der Waals surface area contributed by atoms with Crippen LogP contribution in [-0.2, 0) is 14.8 Å². The number of amides is 2. The van der Waals surface area contributed by atoms with Crippen molar-refractivity contribution in [1.82, 2.24) is 4.90 Å². The lowest BCUT2D eigenvalue weighted by Gasteiger charge is -2.18. The fourth-order valence-electron chi connectivity index (χ4n) is 2.51. The smallest absolute Gasteiger partial charge is 0.261 e. The topological polar surface area (TPSA) is 95.6 Å². The standard InChI is InChI=1S/C19H23N3O4S/c1-4-22(5-2)19(24)15-6-8-17(9-7-15)21-27(25,26)18-12-10-16(11-13-18)20-14(3)23/h6-13,21H,4-5H2,1-3H3,(H,20,23). The van der Waals surface area contributed by atoms with Gasteiger partial charge in [0.25, 0.3) is 15.9 Å². The van der Waals surface area contributed by atoms with Crippen LogP contribution < -0.4 is 10.0 Å². The fraction of sp³-hybridized carbons (Fsp3) is 0.263. The molecule has 0 spiro atoms. The van der Waals surface area contributed by atoms with Gasteiger partial charge in [-0.2, -0.15) is 0 Å². The molecule has 8 heteroatoms. The first kappa shape index (κ1) is 20.4. The Balaban J connectivity index is 2.13. The molecule has 2 amide bonds. The van der Waals surface area contributed by atoms with Gasteiger partial charge in [-0.3, -0.25) is 14.3 Å². The van der Waals surface area contributed by atoms with E-state index in [1.807, 2.05) is 13.8 Å². The molecule has 2 aromatic rings. The molecule has 144 valence electrons. The molecule has 7 nitrogen and oxygen atoms in total. The number of nitrogens with one attached hydrogen (secondary N) is 2. The van der Waals surface area contributed by atoms with Gasteiger partial charge < -0.3 is 10.2 Å². The molecule has 0 aliphatic carbocycles. The minimum atomic E-state index is -3.78. The van der Waals surface area contributed by atoms with E-state index in [1.165, 1.54) is 31.2 Å². The average molecular weight is 389 g/mol. The molecule has 2 rings (SSSR count). The summed E-state index contributed by atoms with van der Waals surface area (Å²) in [6.45, 7) is 6.40. The first-order valence-corrected chi connectivity index (χ1v) is 10.0. The molecule has 0 fully saturated rings. The maximum absolute atomic E-state index is 12.5. The molecule has 0 bridgehead atoms. The largest absolute Gasteiger partial charge is 0.339 e. The molecule has 0 saturated heterocycles. The van der Waals surface area contributed by atoms with E-state index in [4.69, 9.17) is 0 Å². The van der Waals surface area contributed by atoms with Crippen molar-refractivity contribution in [1.29, 1.82) is 0 Å². The molecule has 0 aromatic heterocycles. The van der Waals surface area contributed by atoms with Crippen LogP contribution in [0.2, 0.25) is 0 Å². The van der Waals surface area contributed by atoms with Crippen LogP contribution in [0.15, 0.2) is 53.4 Å². The zero-order chi connectivity index (χ0) is 20.0. The van der Waals surface area contributed by atoms with Gasteiger partial charge in [0.1, 0.15) is 0 Å². The summed E-state index contributed by atoms with van der Waals surface area (Å²) < 4.78 is 27.4. The molecule has 2 aromatic carbocycles. The summed E-state index contributed by atoms with van der Waals surface area (Å²) in [7, 11) is -3.78. The number of carbonyl (C=O) groups is 2. The van der Waals surface area contributed by atoms with Gasteiger partial charge in [-0.1, -0.05) is 0 Å². The van der Waals surface area contributed by atoms with Gasteiger partial charge in [0.15, 0.2) is 0 Å². The third-order valence-corrected chi connectivity index (χ3v) is 5.32. The number of carbonyl (C=O) groups excluding carboxylic acids is 2. The van der Waals surface area contributed by atoms with Gasteiger partial charge in [0.2, 0.25) is 5.91 Å². The van der Waals surface area contributed by atoms with E-state index in [1.54, 1.807) is 29.2 Å². The highest BCUT2D eigenvalue weighted by molar-refractivity contribution is 7.92. The number of rotatable bonds is 7. The second-order valence-corrected chi connectivity index (χ2v) is 7.55. The normalized spacial score (nSPS) is 10.9. The predicted octanol–water partition coefficient (Wildman–Crippen LogP) is 2.93. The summed E-state index contributed by atoms with van der Waals surface area (Å²) >= 11 is 0. The van der Waals surface area contributed by atoms with Crippen molar-refractivity contribution in [3.63, 3.8) is 0 Å². The molecule has 0 atom stereocenters. The Hall–Kier alpha value is -2.87. The maximum Gasteiger partial charge on any atom is 0.261 e. The van der Waals surface area contributed by atoms with Crippen LogP contribution in [0.3, 0.4) is 0 Å². The van der Waals surface area contributed by atoms with Crippen LogP contribution in [0.25, 0.3) is 0 Å². The van der Waals surface area contributed by atoms with Crippen LogP contribution >= 0.6 is 0 Å². The van der Waals surface area contributed by atoms with Crippen LogP contribution in [0, 0.1) is 0 Å². The molecule has 0 aliphatic heterocycles. The average Bonchev–Trinajstić information content (AvgIpc) is 2.63. The minimum Gasteiger partial charge on any atom is -0.339 e. The highest BCUT2D eigenvalue weighted by Crippen LogP contribution is 2.19. The SMILES string of the molecule is CCN(CC)C(=O)c1ccc(NS(=O)(=O)c2ccc(NC(C)=O)cc2)cc1. The van der Waals surface area contributed by atoms with Gasteiger partial charge >= 0.3 is 0 Å². The van der Waals surface area contributed by atoms with E-state index in [2.05, 4.69) is 10.0 Å². The zero-order valence-electron chi connectivity index (χ0n) is 15.5. The number of anilines is 2. The fourth-order valence-corrected chi connectivity index (χ4v) is 3.57. The first-order chi connectivity index (χ1) is 12.8. The quantitative estimate of drug-likeness (QED) is 0.761. The summed E-state index contributed by atoms with van der Waals surface area (Å²) in [6, 6.07) is 12.2. The Kier molecular flexibility index (Phi) is 6.57. The van der Waals surface area contributed by atoms with E-state index >= 15 is 0 Å². The van der Waals surface area contributed by atoms with Crippen molar-refractivity contribution < 1.29 is 18.0 Å². The van der Waals surface area contributed by atoms with E-state index in [9.17, 15) is 18.0 Å². The van der Waals surface area contributed by atoms with E-state index < -0.39 is 10.0 Å². The van der Waals surface area contributed by atoms with Crippen molar-refractivity contribution in [3.05, 3.63) is 54.1 Å². The Morgan fingerprint density at radius 2 is 1.41 bits per heavy atom.